The Labute approximate surface area is 154 Å². The molecule has 0 saturated carbocycles. The van der Waals surface area contributed by atoms with E-state index < -0.39 is 0 Å². The van der Waals surface area contributed by atoms with Gasteiger partial charge in [0, 0.05) is 16.5 Å². The molecule has 0 aliphatic carbocycles. The van der Waals surface area contributed by atoms with Crippen molar-refractivity contribution in [3.63, 3.8) is 0 Å². The summed E-state index contributed by atoms with van der Waals surface area (Å²) in [6.45, 7) is 4.86. The Kier molecular flexibility index (Phi) is 7.67. The van der Waals surface area contributed by atoms with Gasteiger partial charge in [0.05, 0.1) is 5.25 Å². The highest BCUT2D eigenvalue weighted by atomic mass is 35.5. The van der Waals surface area contributed by atoms with Gasteiger partial charge in [0.2, 0.25) is 5.91 Å². The van der Waals surface area contributed by atoms with Crippen LogP contribution in [0.25, 0.3) is 0 Å². The van der Waals surface area contributed by atoms with Crippen LogP contribution < -0.4 is 5.32 Å². The summed E-state index contributed by atoms with van der Waals surface area (Å²) in [6, 6.07) is 16.2. The second kappa shape index (κ2) is 9.75. The van der Waals surface area contributed by atoms with Gasteiger partial charge in [-0.15, -0.1) is 11.8 Å². The second-order valence-electron chi connectivity index (χ2n) is 5.85. The van der Waals surface area contributed by atoms with Crippen molar-refractivity contribution in [3.05, 3.63) is 64.7 Å². The van der Waals surface area contributed by atoms with E-state index in [1.165, 1.54) is 11.1 Å². The smallest absolute Gasteiger partial charge is 0.233 e. The van der Waals surface area contributed by atoms with Gasteiger partial charge in [-0.1, -0.05) is 48.4 Å². The first-order valence-corrected chi connectivity index (χ1v) is 9.59. The van der Waals surface area contributed by atoms with Crippen LogP contribution in [0.2, 0.25) is 5.02 Å². The van der Waals surface area contributed by atoms with Crippen LogP contribution in [-0.2, 0) is 11.2 Å². The Bertz CT molecular complexity index is 657. The van der Waals surface area contributed by atoms with E-state index in [4.69, 9.17) is 11.6 Å². The number of hydrogen-bond donors (Lipinski definition) is 1. The number of rotatable bonds is 8. The lowest BCUT2D eigenvalue weighted by atomic mass is 10.1. The maximum Gasteiger partial charge on any atom is 0.233 e. The Morgan fingerprint density at radius 1 is 1.21 bits per heavy atom. The van der Waals surface area contributed by atoms with Crippen LogP contribution in [0.4, 0.5) is 0 Å². The molecule has 128 valence electrons. The highest BCUT2D eigenvalue weighted by Crippen LogP contribution is 2.26. The van der Waals surface area contributed by atoms with E-state index in [0.717, 1.165) is 24.2 Å². The molecular formula is C20H24ClNOS. The van der Waals surface area contributed by atoms with E-state index in [-0.39, 0.29) is 11.2 Å². The first-order valence-electron chi connectivity index (χ1n) is 8.34. The Hall–Kier alpha value is -1.45. The molecule has 24 heavy (non-hydrogen) atoms. The largest absolute Gasteiger partial charge is 0.355 e. The van der Waals surface area contributed by atoms with Gasteiger partial charge in [-0.2, -0.15) is 0 Å². The predicted molar refractivity (Wildman–Crippen MR) is 104 cm³/mol. The third-order valence-corrected chi connectivity index (χ3v) is 5.41. The summed E-state index contributed by atoms with van der Waals surface area (Å²) in [7, 11) is 0. The zero-order valence-corrected chi connectivity index (χ0v) is 15.8. The number of nitrogens with one attached hydrogen (secondary N) is 1. The molecule has 0 aliphatic heterocycles. The van der Waals surface area contributed by atoms with Gasteiger partial charge in [0.15, 0.2) is 0 Å². The molecule has 0 fully saturated rings. The minimum Gasteiger partial charge on any atom is -0.355 e. The number of hydrogen-bond acceptors (Lipinski definition) is 2. The molecule has 0 aromatic heterocycles. The van der Waals surface area contributed by atoms with Gasteiger partial charge < -0.3 is 5.32 Å². The van der Waals surface area contributed by atoms with Crippen molar-refractivity contribution in [1.82, 2.24) is 5.32 Å². The molecule has 0 aliphatic rings. The molecule has 0 saturated heterocycles. The molecule has 2 nitrogen and oxygen atoms in total. The number of benzene rings is 2. The molecule has 1 N–H and O–H groups in total. The summed E-state index contributed by atoms with van der Waals surface area (Å²) in [5.41, 5.74) is 2.61. The number of thioether (sulfide) groups is 1. The Balaban J connectivity index is 1.76. The van der Waals surface area contributed by atoms with Crippen molar-refractivity contribution >= 4 is 29.3 Å². The van der Waals surface area contributed by atoms with Crippen molar-refractivity contribution in [2.45, 2.75) is 43.3 Å². The lowest BCUT2D eigenvalue weighted by Crippen LogP contribution is -2.33. The van der Waals surface area contributed by atoms with Crippen LogP contribution in [0.5, 0.6) is 0 Å². The third kappa shape index (κ3) is 6.21. The zero-order valence-electron chi connectivity index (χ0n) is 14.2. The van der Waals surface area contributed by atoms with Gasteiger partial charge >= 0.3 is 0 Å². The molecule has 0 spiro atoms. The standard InChI is InChI=1S/C20H24ClNOS/c1-3-19(24-18-11-9-17(21)10-12-18)20(23)22-13-5-8-16-7-4-6-15(2)14-16/h4,6-7,9-12,14,19H,3,5,8,13H2,1-2H3,(H,22,23)/t19-/m1/s1. The molecular weight excluding hydrogens is 338 g/mol. The first-order chi connectivity index (χ1) is 11.6. The van der Waals surface area contributed by atoms with Crippen molar-refractivity contribution in [2.24, 2.45) is 0 Å². The summed E-state index contributed by atoms with van der Waals surface area (Å²) in [4.78, 5) is 13.4. The first kappa shape index (κ1) is 18.9. The zero-order chi connectivity index (χ0) is 17.4. The fraction of sp³-hybridized carbons (Fsp3) is 0.350. The predicted octanol–water partition coefficient (Wildman–Crippen LogP) is 5.27. The molecule has 2 aromatic carbocycles. The topological polar surface area (TPSA) is 29.1 Å². The molecule has 2 aromatic rings. The monoisotopic (exact) mass is 361 g/mol. The molecule has 1 amide bonds. The van der Waals surface area contributed by atoms with Crippen LogP contribution in [0.1, 0.15) is 30.9 Å². The van der Waals surface area contributed by atoms with E-state index in [0.29, 0.717) is 11.6 Å². The lowest BCUT2D eigenvalue weighted by molar-refractivity contribution is -0.120. The van der Waals surface area contributed by atoms with Gasteiger partial charge in [-0.25, -0.2) is 0 Å². The summed E-state index contributed by atoms with van der Waals surface area (Å²) in [6.07, 6.45) is 2.75. The van der Waals surface area contributed by atoms with E-state index >= 15 is 0 Å². The minimum absolute atomic E-state index is 0.0647. The number of carbonyl (C=O) groups is 1. The van der Waals surface area contributed by atoms with Gasteiger partial charge in [0.1, 0.15) is 0 Å². The summed E-state index contributed by atoms with van der Waals surface area (Å²) >= 11 is 7.49. The van der Waals surface area contributed by atoms with Crippen LogP contribution in [0.15, 0.2) is 53.4 Å². The normalized spacial score (nSPS) is 12.0. The maximum atomic E-state index is 12.4. The molecule has 0 heterocycles. The SMILES string of the molecule is CC[C@@H](Sc1ccc(Cl)cc1)C(=O)NCCCc1cccc(C)c1. The van der Waals surface area contributed by atoms with Gasteiger partial charge in [-0.05, 0) is 56.0 Å². The molecule has 2 rings (SSSR count). The molecule has 0 bridgehead atoms. The molecule has 4 heteroatoms. The van der Waals surface area contributed by atoms with E-state index in [9.17, 15) is 4.79 Å². The highest BCUT2D eigenvalue weighted by Gasteiger charge is 2.17. The van der Waals surface area contributed by atoms with E-state index in [1.807, 2.05) is 31.2 Å². The van der Waals surface area contributed by atoms with Crippen LogP contribution in [0, 0.1) is 6.92 Å². The average molecular weight is 362 g/mol. The van der Waals surface area contributed by atoms with Crippen molar-refractivity contribution in [2.75, 3.05) is 6.54 Å². The number of aryl methyl sites for hydroxylation is 2. The Morgan fingerprint density at radius 3 is 2.62 bits per heavy atom. The van der Waals surface area contributed by atoms with Crippen molar-refractivity contribution in [3.8, 4) is 0 Å². The van der Waals surface area contributed by atoms with Crippen LogP contribution in [0.3, 0.4) is 0 Å². The van der Waals surface area contributed by atoms with Crippen LogP contribution in [-0.4, -0.2) is 17.7 Å². The fourth-order valence-corrected chi connectivity index (χ4v) is 3.59. The van der Waals surface area contributed by atoms with Gasteiger partial charge in [-0.3, -0.25) is 4.79 Å². The van der Waals surface area contributed by atoms with Gasteiger partial charge in [0.25, 0.3) is 0 Å². The fourth-order valence-electron chi connectivity index (χ4n) is 2.49. The van der Waals surface area contributed by atoms with Crippen molar-refractivity contribution in [1.29, 1.82) is 0 Å². The number of carbonyl (C=O) groups excluding carboxylic acids is 1. The summed E-state index contributed by atoms with van der Waals surface area (Å²) in [5.74, 6) is 0.113. The summed E-state index contributed by atoms with van der Waals surface area (Å²) in [5, 5.41) is 3.72. The molecule has 0 radical (unpaired) electrons. The number of amides is 1. The maximum absolute atomic E-state index is 12.4. The lowest BCUT2D eigenvalue weighted by Gasteiger charge is -2.15. The summed E-state index contributed by atoms with van der Waals surface area (Å²) < 4.78 is 0. The van der Waals surface area contributed by atoms with Crippen molar-refractivity contribution < 1.29 is 4.79 Å². The minimum atomic E-state index is -0.0647. The van der Waals surface area contributed by atoms with Crippen LogP contribution >= 0.6 is 23.4 Å². The quantitative estimate of drug-likeness (QED) is 0.512. The average Bonchev–Trinajstić information content (AvgIpc) is 2.58. The van der Waals surface area contributed by atoms with E-state index in [1.54, 1.807) is 11.8 Å². The van der Waals surface area contributed by atoms with E-state index in [2.05, 4.69) is 36.5 Å². The highest BCUT2D eigenvalue weighted by molar-refractivity contribution is 8.00. The third-order valence-electron chi connectivity index (χ3n) is 3.78. The number of halogens is 1. The second-order valence-corrected chi connectivity index (χ2v) is 7.56. The molecule has 1 atom stereocenters. The Morgan fingerprint density at radius 2 is 1.96 bits per heavy atom. The molecule has 0 unspecified atom stereocenters.